The Morgan fingerprint density at radius 1 is 0.971 bits per heavy atom. The summed E-state index contributed by atoms with van der Waals surface area (Å²) >= 11 is 0. The largest absolute Gasteiger partial charge is 0.462 e. The van der Waals surface area contributed by atoms with Gasteiger partial charge in [0, 0.05) is 39.2 Å². The van der Waals surface area contributed by atoms with Crippen LogP contribution >= 0.6 is 0 Å². The van der Waals surface area contributed by atoms with E-state index in [-0.39, 0.29) is 39.6 Å². The zero-order valence-corrected chi connectivity index (χ0v) is 19.9. The number of amides is 1. The predicted molar refractivity (Wildman–Crippen MR) is 113 cm³/mol. The monoisotopic (exact) mass is 492 g/mol. The first-order chi connectivity index (χ1) is 15.9. The van der Waals surface area contributed by atoms with Crippen LogP contribution in [0.5, 0.6) is 0 Å². The molecule has 0 radical (unpaired) electrons. The zero-order chi connectivity index (χ0) is 26.2. The number of nitrogens with zero attached hydrogens (tertiary/aromatic N) is 3. The molecule has 0 aliphatic heterocycles. The number of nitrogens with one attached hydrogen (secondary N) is 1. The van der Waals surface area contributed by atoms with Crippen LogP contribution in [0.2, 0.25) is 0 Å². The van der Waals surface area contributed by atoms with Crippen molar-refractivity contribution in [3.63, 3.8) is 0 Å². The summed E-state index contributed by atoms with van der Waals surface area (Å²) in [5.74, 6) is -6.00. The smallest absolute Gasteiger partial charge is 0.334 e. The summed E-state index contributed by atoms with van der Waals surface area (Å²) in [5.41, 5.74) is 5.61. The summed E-state index contributed by atoms with van der Waals surface area (Å²) in [5, 5.41) is 17.0. The molecule has 1 amide bonds. The molecule has 15 nitrogen and oxygen atoms in total. The van der Waals surface area contributed by atoms with Crippen molar-refractivity contribution in [3.8, 4) is 0 Å². The van der Waals surface area contributed by atoms with Gasteiger partial charge in [-0.2, -0.15) is 0 Å². The van der Waals surface area contributed by atoms with Gasteiger partial charge in [0.05, 0.1) is 33.0 Å². The van der Waals surface area contributed by atoms with Gasteiger partial charge in [-0.05, 0) is 12.5 Å². The highest BCUT2D eigenvalue weighted by molar-refractivity contribution is 5.75. The van der Waals surface area contributed by atoms with E-state index >= 15 is 0 Å². The summed E-state index contributed by atoms with van der Waals surface area (Å²) in [4.78, 5) is 49.4. The van der Waals surface area contributed by atoms with Crippen LogP contribution in [0, 0.1) is 0 Å². The van der Waals surface area contributed by atoms with Crippen molar-refractivity contribution < 1.29 is 52.7 Å². The lowest BCUT2D eigenvalue weighted by molar-refractivity contribution is -0.344. The average molecular weight is 492 g/mol. The van der Waals surface area contributed by atoms with Crippen molar-refractivity contribution in [1.29, 1.82) is 0 Å². The minimum absolute atomic E-state index is 0.103. The summed E-state index contributed by atoms with van der Waals surface area (Å²) in [6.07, 6.45) is -1.49. The molecule has 0 aromatic heterocycles. The van der Waals surface area contributed by atoms with Gasteiger partial charge in [0.15, 0.2) is 0 Å². The normalized spacial score (nSPS) is 15.0. The first-order valence-corrected chi connectivity index (χ1v) is 10.2. The van der Waals surface area contributed by atoms with Crippen LogP contribution in [0.15, 0.2) is 5.11 Å². The highest BCUT2D eigenvalue weighted by Crippen LogP contribution is 2.32. The van der Waals surface area contributed by atoms with Crippen molar-refractivity contribution in [2.45, 2.75) is 52.2 Å². The average Bonchev–Trinajstić information content (AvgIpc) is 2.71. The van der Waals surface area contributed by atoms with Gasteiger partial charge in [-0.1, -0.05) is 5.11 Å². The van der Waals surface area contributed by atoms with Gasteiger partial charge in [0.1, 0.15) is 12.7 Å². The maximum Gasteiger partial charge on any atom is 0.334 e. The number of carbonyl (C=O) groups excluding carboxylic acids is 4. The Labute approximate surface area is 196 Å². The molecule has 0 aliphatic carbocycles. The molecule has 0 aliphatic rings. The molecule has 194 valence electrons. The highest BCUT2D eigenvalue weighted by atomic mass is 16.8. The molecule has 0 saturated heterocycles. The van der Waals surface area contributed by atoms with E-state index in [9.17, 15) is 24.3 Å². The Morgan fingerprint density at radius 3 is 2.06 bits per heavy atom. The maximum absolute atomic E-state index is 12.0. The van der Waals surface area contributed by atoms with E-state index in [4.69, 9.17) is 34.0 Å². The van der Waals surface area contributed by atoms with Gasteiger partial charge in [-0.15, -0.1) is 0 Å². The van der Waals surface area contributed by atoms with Gasteiger partial charge in [0.25, 0.3) is 0 Å². The molecule has 0 spiro atoms. The second kappa shape index (κ2) is 15.8. The van der Waals surface area contributed by atoms with Crippen LogP contribution in [0.4, 0.5) is 0 Å². The number of rotatable bonds is 17. The van der Waals surface area contributed by atoms with Gasteiger partial charge >= 0.3 is 23.8 Å². The third-order valence-corrected chi connectivity index (χ3v) is 4.01. The molecule has 0 heterocycles. The molecule has 0 rings (SSSR count). The quantitative estimate of drug-likeness (QED) is 0.0523. The summed E-state index contributed by atoms with van der Waals surface area (Å²) in [6.45, 7) is 4.80. The molecular formula is C19H32N4O11. The third kappa shape index (κ3) is 11.2. The van der Waals surface area contributed by atoms with Crippen molar-refractivity contribution in [1.82, 2.24) is 5.32 Å². The van der Waals surface area contributed by atoms with Crippen LogP contribution in [0.1, 0.15) is 34.6 Å². The molecule has 15 heteroatoms. The number of carbonyl (C=O) groups is 4. The summed E-state index contributed by atoms with van der Waals surface area (Å²) in [6, 6.07) is 0. The van der Waals surface area contributed by atoms with E-state index in [1.807, 2.05) is 0 Å². The Bertz CT molecular complexity index is 726. The second-order valence-corrected chi connectivity index (χ2v) is 6.88. The lowest BCUT2D eigenvalue weighted by Crippen LogP contribution is -2.74. The number of hydrogen-bond acceptors (Lipinski definition) is 12. The van der Waals surface area contributed by atoms with E-state index in [1.54, 1.807) is 0 Å². The van der Waals surface area contributed by atoms with Crippen LogP contribution in [0.3, 0.4) is 0 Å². The van der Waals surface area contributed by atoms with E-state index < -0.39 is 48.0 Å². The summed E-state index contributed by atoms with van der Waals surface area (Å²) < 4.78 is 31.2. The Balaban J connectivity index is 5.60. The fraction of sp³-hybridized carbons (Fsp3) is 0.789. The Hall–Kier alpha value is -2.97. The number of hydrogen-bond donors (Lipinski definition) is 2. The van der Waals surface area contributed by atoms with Crippen LogP contribution in [0.25, 0.3) is 10.4 Å². The molecule has 0 aromatic carbocycles. The van der Waals surface area contributed by atoms with Gasteiger partial charge in [0.2, 0.25) is 11.5 Å². The summed E-state index contributed by atoms with van der Waals surface area (Å²) in [7, 11) is 0. The van der Waals surface area contributed by atoms with Crippen LogP contribution in [-0.2, 0) is 47.6 Å². The molecule has 0 saturated carbocycles. The lowest BCUT2D eigenvalue weighted by atomic mass is 9.92. The van der Waals surface area contributed by atoms with E-state index in [2.05, 4.69) is 15.3 Å². The fourth-order valence-corrected chi connectivity index (χ4v) is 2.60. The Morgan fingerprint density at radius 2 is 1.56 bits per heavy atom. The molecule has 2 N–H and O–H groups in total. The fourth-order valence-electron chi connectivity index (χ4n) is 2.60. The molecule has 0 fully saturated rings. The number of esters is 3. The maximum atomic E-state index is 12.0. The van der Waals surface area contributed by atoms with Gasteiger partial charge in [-0.3, -0.25) is 24.5 Å². The number of ether oxygens (including phenoxy) is 6. The minimum Gasteiger partial charge on any atom is -0.462 e. The van der Waals surface area contributed by atoms with Gasteiger partial charge < -0.3 is 33.5 Å². The Kier molecular flexibility index (Phi) is 14.4. The molecule has 3 atom stereocenters. The van der Waals surface area contributed by atoms with Crippen molar-refractivity contribution in [3.05, 3.63) is 10.4 Å². The molecule has 3 unspecified atom stereocenters. The standard InChI is InChI=1S/C19H32N4O11/c1-13(33-16(4)26)18(28,12-31-15(3)25)19(22-14(2)24,34-17(5)27)32-11-10-30-9-8-29-7-6-21-23-20/h13,28H,6-12H2,1-5H3,(H,22,24). The topological polar surface area (TPSA) is 205 Å². The first kappa shape index (κ1) is 31.0. The predicted octanol–water partition coefficient (Wildman–Crippen LogP) is -0.0547. The molecule has 34 heavy (non-hydrogen) atoms. The minimum atomic E-state index is -2.62. The zero-order valence-electron chi connectivity index (χ0n) is 19.9. The van der Waals surface area contributed by atoms with Crippen molar-refractivity contribution >= 4 is 23.8 Å². The van der Waals surface area contributed by atoms with E-state index in [0.717, 1.165) is 27.7 Å². The molecule has 0 aromatic rings. The van der Waals surface area contributed by atoms with Crippen LogP contribution in [-0.4, -0.2) is 92.7 Å². The van der Waals surface area contributed by atoms with Crippen LogP contribution < -0.4 is 5.32 Å². The first-order valence-electron chi connectivity index (χ1n) is 10.2. The van der Waals surface area contributed by atoms with Crippen molar-refractivity contribution in [2.24, 2.45) is 5.11 Å². The van der Waals surface area contributed by atoms with E-state index in [0.29, 0.717) is 0 Å². The number of azide groups is 1. The lowest BCUT2D eigenvalue weighted by Gasteiger charge is -2.46. The third-order valence-electron chi connectivity index (χ3n) is 4.01. The number of aliphatic hydroxyl groups is 1. The van der Waals surface area contributed by atoms with Crippen molar-refractivity contribution in [2.75, 3.05) is 46.2 Å². The highest BCUT2D eigenvalue weighted by Gasteiger charge is 2.62. The second-order valence-electron chi connectivity index (χ2n) is 6.88. The van der Waals surface area contributed by atoms with E-state index in [1.165, 1.54) is 6.92 Å². The SMILES string of the molecule is CC(=O)NC(OCCOCCOCCN=[N+]=[N-])(OC(C)=O)C(O)(COC(C)=O)C(C)OC(C)=O. The molecule has 0 bridgehead atoms. The van der Waals surface area contributed by atoms with Gasteiger partial charge in [-0.25, -0.2) is 0 Å². The molecular weight excluding hydrogens is 460 g/mol.